The van der Waals surface area contributed by atoms with Gasteiger partial charge in [0.25, 0.3) is 0 Å². The number of benzene rings is 4. The van der Waals surface area contributed by atoms with Crippen molar-refractivity contribution in [1.82, 2.24) is 30.4 Å². The van der Waals surface area contributed by atoms with E-state index in [1.54, 1.807) is 4.68 Å². The molecule has 2 saturated heterocycles. The normalized spacial score (nSPS) is 20.2. The molecule has 2 fully saturated rings. The zero-order valence-electron chi connectivity index (χ0n) is 28.9. The number of nitrogens with one attached hydrogen (secondary N) is 1. The number of ether oxygens (including phenoxy) is 2. The number of tetrazole rings is 1. The van der Waals surface area contributed by atoms with Crippen molar-refractivity contribution in [2.45, 2.75) is 68.3 Å². The Morgan fingerprint density at radius 3 is 2.41 bits per heavy atom. The van der Waals surface area contributed by atoms with Crippen molar-refractivity contribution >= 4 is 23.6 Å². The zero-order valence-corrected chi connectivity index (χ0v) is 29.7. The predicted octanol–water partition coefficient (Wildman–Crippen LogP) is 6.33. The monoisotopic (exact) mass is 758 g/mol. The molecule has 15 heteroatoms. The molecule has 2 aliphatic heterocycles. The smallest absolute Gasteiger partial charge is 0.392 e. The fraction of sp³-hybridized carbons (Fsp3) is 0.308. The standard InChI is InChI=1S/C39H37F3N6O5S/c40-39(41,42)37(51)47-18-6-13-33(47)35(50)43-22-26-7-4-8-28(19-26)29-9-5-10-30(20-29)36-52-32(21-34(53-36)27-16-14-25(23-49)15-17-27)24-54-38-44-45-46-48(38)31-11-2-1-3-12-31/h1-5,7-12,14-17,19-20,32-34,36,49H,6,13,18,21-24H2,(H,43,50). The quantitative estimate of drug-likeness (QED) is 0.149. The lowest BCUT2D eigenvalue weighted by atomic mass is 9.99. The van der Waals surface area contributed by atoms with Gasteiger partial charge in [0.2, 0.25) is 11.1 Å². The van der Waals surface area contributed by atoms with Gasteiger partial charge < -0.3 is 24.8 Å². The van der Waals surface area contributed by atoms with Crippen LogP contribution in [0.15, 0.2) is 108 Å². The van der Waals surface area contributed by atoms with Gasteiger partial charge in [-0.15, -0.1) is 5.10 Å². The van der Waals surface area contributed by atoms with Crippen LogP contribution in [0.2, 0.25) is 0 Å². The predicted molar refractivity (Wildman–Crippen MR) is 193 cm³/mol. The second kappa shape index (κ2) is 16.5. The number of nitrogens with zero attached hydrogens (tertiary/aromatic N) is 5. The molecule has 2 amide bonds. The van der Waals surface area contributed by atoms with Crippen LogP contribution in [-0.4, -0.2) is 72.6 Å². The molecule has 4 aromatic carbocycles. The zero-order chi connectivity index (χ0) is 37.7. The number of aromatic nitrogens is 4. The van der Waals surface area contributed by atoms with Crippen LogP contribution in [0.4, 0.5) is 13.2 Å². The summed E-state index contributed by atoms with van der Waals surface area (Å²) in [7, 11) is 0. The third-order valence-corrected chi connectivity index (χ3v) is 10.5. The van der Waals surface area contributed by atoms with Gasteiger partial charge in [0.05, 0.1) is 24.5 Å². The van der Waals surface area contributed by atoms with Crippen LogP contribution in [0.3, 0.4) is 0 Å². The van der Waals surface area contributed by atoms with E-state index in [4.69, 9.17) is 9.47 Å². The maximum Gasteiger partial charge on any atom is 0.471 e. The molecule has 1 aromatic heterocycles. The molecule has 0 radical (unpaired) electrons. The molecule has 280 valence electrons. The van der Waals surface area contributed by atoms with Crippen LogP contribution in [0.5, 0.6) is 0 Å². The molecule has 5 aromatic rings. The Bertz CT molecular complexity index is 2070. The van der Waals surface area contributed by atoms with Crippen LogP contribution in [0, 0.1) is 0 Å². The van der Waals surface area contributed by atoms with E-state index < -0.39 is 30.3 Å². The lowest BCUT2D eigenvalue weighted by Crippen LogP contribution is -2.50. The number of hydrogen-bond donors (Lipinski definition) is 2. The topological polar surface area (TPSA) is 132 Å². The summed E-state index contributed by atoms with van der Waals surface area (Å²) in [5.74, 6) is -2.06. The number of aliphatic hydroxyl groups excluding tert-OH is 1. The van der Waals surface area contributed by atoms with Crippen molar-refractivity contribution in [2.75, 3.05) is 12.3 Å². The molecule has 2 aliphatic rings. The Hall–Kier alpha value is -5.09. The third-order valence-electron chi connectivity index (χ3n) is 9.40. The molecule has 0 spiro atoms. The lowest BCUT2D eigenvalue weighted by Gasteiger charge is -2.36. The van der Waals surface area contributed by atoms with Gasteiger partial charge >= 0.3 is 12.1 Å². The molecule has 11 nitrogen and oxygen atoms in total. The number of carbonyl (C=O) groups is 2. The summed E-state index contributed by atoms with van der Waals surface area (Å²) in [6.07, 6.45) is -5.22. The highest BCUT2D eigenvalue weighted by Crippen LogP contribution is 2.40. The minimum Gasteiger partial charge on any atom is -0.392 e. The van der Waals surface area contributed by atoms with Crippen LogP contribution in [0.25, 0.3) is 16.8 Å². The Kier molecular flexibility index (Phi) is 11.4. The van der Waals surface area contributed by atoms with E-state index in [1.807, 2.05) is 103 Å². The fourth-order valence-corrected chi connectivity index (χ4v) is 7.58. The van der Waals surface area contributed by atoms with E-state index in [-0.39, 0.29) is 38.3 Å². The summed E-state index contributed by atoms with van der Waals surface area (Å²) in [4.78, 5) is 25.4. The van der Waals surface area contributed by atoms with Gasteiger partial charge in [-0.1, -0.05) is 90.6 Å². The molecular weight excluding hydrogens is 722 g/mol. The van der Waals surface area contributed by atoms with Crippen molar-refractivity contribution in [1.29, 1.82) is 0 Å². The first-order valence-corrected chi connectivity index (χ1v) is 18.5. The molecule has 0 aliphatic carbocycles. The first kappa shape index (κ1) is 37.2. The summed E-state index contributed by atoms with van der Waals surface area (Å²) in [5.41, 5.74) is 5.86. The van der Waals surface area contributed by atoms with E-state index >= 15 is 0 Å². The Morgan fingerprint density at radius 1 is 0.889 bits per heavy atom. The molecule has 54 heavy (non-hydrogen) atoms. The van der Waals surface area contributed by atoms with E-state index in [0.29, 0.717) is 28.7 Å². The van der Waals surface area contributed by atoms with Crippen molar-refractivity contribution in [3.05, 3.63) is 125 Å². The van der Waals surface area contributed by atoms with Gasteiger partial charge in [0.1, 0.15) is 6.04 Å². The van der Waals surface area contributed by atoms with Crippen molar-refractivity contribution in [2.24, 2.45) is 0 Å². The average Bonchev–Trinajstić information content (AvgIpc) is 3.90. The number of rotatable bonds is 11. The van der Waals surface area contributed by atoms with Gasteiger partial charge in [-0.05, 0) is 75.4 Å². The minimum absolute atomic E-state index is 0.0601. The molecule has 2 N–H and O–H groups in total. The van der Waals surface area contributed by atoms with Crippen molar-refractivity contribution in [3.63, 3.8) is 0 Å². The second-order valence-electron chi connectivity index (χ2n) is 13.1. The molecule has 4 unspecified atom stereocenters. The summed E-state index contributed by atoms with van der Waals surface area (Å²) >= 11 is 1.49. The summed E-state index contributed by atoms with van der Waals surface area (Å²) < 4.78 is 54.1. The van der Waals surface area contributed by atoms with Gasteiger partial charge in [0, 0.05) is 30.8 Å². The van der Waals surface area contributed by atoms with Crippen molar-refractivity contribution in [3.8, 4) is 16.8 Å². The van der Waals surface area contributed by atoms with Gasteiger partial charge in [0.15, 0.2) is 6.29 Å². The molecule has 3 heterocycles. The first-order chi connectivity index (χ1) is 26.2. The number of hydrogen-bond acceptors (Lipinski definition) is 9. The number of aliphatic hydroxyl groups is 1. The number of carbonyl (C=O) groups excluding carboxylic acids is 2. The van der Waals surface area contributed by atoms with E-state index in [2.05, 4.69) is 20.8 Å². The van der Waals surface area contributed by atoms with Gasteiger partial charge in [-0.3, -0.25) is 9.59 Å². The maximum absolute atomic E-state index is 13.1. The number of amides is 2. The Balaban J connectivity index is 1.06. The number of thioether (sulfide) groups is 1. The van der Waals surface area contributed by atoms with Gasteiger partial charge in [-0.25, -0.2) is 0 Å². The third kappa shape index (κ3) is 8.65. The van der Waals surface area contributed by atoms with E-state index in [9.17, 15) is 27.9 Å². The van der Waals surface area contributed by atoms with Crippen LogP contribution in [0.1, 0.15) is 53.9 Å². The number of para-hydroxylation sites is 1. The Morgan fingerprint density at radius 2 is 1.65 bits per heavy atom. The summed E-state index contributed by atoms with van der Waals surface area (Å²) in [5, 5.41) is 25.2. The number of halogens is 3. The number of likely N-dealkylation sites (tertiary alicyclic amines) is 1. The van der Waals surface area contributed by atoms with Crippen LogP contribution >= 0.6 is 11.8 Å². The van der Waals surface area contributed by atoms with Crippen molar-refractivity contribution < 1.29 is 37.3 Å². The lowest BCUT2D eigenvalue weighted by molar-refractivity contribution is -0.245. The van der Waals surface area contributed by atoms with E-state index in [0.717, 1.165) is 39.1 Å². The van der Waals surface area contributed by atoms with E-state index in [1.165, 1.54) is 11.8 Å². The summed E-state index contributed by atoms with van der Waals surface area (Å²) in [6.45, 7) is -0.0909. The SMILES string of the molecule is O=C(NCc1cccc(-c2cccc(C3OC(CSc4nnnn4-c4ccccc4)CC(c4ccc(CO)cc4)O3)c2)c1)C1CCCN1C(=O)C(F)(F)F. The first-order valence-electron chi connectivity index (χ1n) is 17.5. The fourth-order valence-electron chi connectivity index (χ4n) is 6.67. The second-order valence-corrected chi connectivity index (χ2v) is 14.1. The molecule has 0 saturated carbocycles. The summed E-state index contributed by atoms with van der Waals surface area (Å²) in [6, 6.07) is 31.4. The number of alkyl halides is 3. The molecular formula is C39H37F3N6O5S. The molecule has 0 bridgehead atoms. The highest BCUT2D eigenvalue weighted by Gasteiger charge is 2.47. The maximum atomic E-state index is 13.1. The van der Waals surface area contributed by atoms with Gasteiger partial charge in [-0.2, -0.15) is 17.9 Å². The molecule has 4 atom stereocenters. The highest BCUT2D eigenvalue weighted by atomic mass is 32.2. The van der Waals surface area contributed by atoms with Crippen LogP contribution < -0.4 is 5.32 Å². The highest BCUT2D eigenvalue weighted by molar-refractivity contribution is 7.99. The largest absolute Gasteiger partial charge is 0.471 e. The molecule has 7 rings (SSSR count). The van der Waals surface area contributed by atoms with Crippen LogP contribution in [-0.2, 0) is 32.2 Å². The average molecular weight is 759 g/mol. The minimum atomic E-state index is -5.03. The Labute approximate surface area is 313 Å².